The lowest BCUT2D eigenvalue weighted by atomic mass is 9.74. The first-order valence-electron chi connectivity index (χ1n) is 7.93. The third-order valence-electron chi connectivity index (χ3n) is 4.19. The molecular formula is C18H25NO4. The molecule has 5 heteroatoms. The number of carboxylic acid groups (broad SMARTS) is 1. The molecule has 0 aliphatic heterocycles. The lowest BCUT2D eigenvalue weighted by Gasteiger charge is -2.32. The molecule has 1 unspecified atom stereocenters. The van der Waals surface area contributed by atoms with Crippen LogP contribution in [0, 0.1) is 12.8 Å². The van der Waals surface area contributed by atoms with Gasteiger partial charge >= 0.3 is 12.1 Å². The zero-order valence-corrected chi connectivity index (χ0v) is 14.2. The number of hydrogen-bond acceptors (Lipinski definition) is 3. The Kier molecular flexibility index (Phi) is 4.68. The van der Waals surface area contributed by atoms with E-state index in [2.05, 4.69) is 5.32 Å². The summed E-state index contributed by atoms with van der Waals surface area (Å²) in [5.74, 6) is -0.860. The number of nitrogens with one attached hydrogen (secondary N) is 1. The highest BCUT2D eigenvalue weighted by atomic mass is 16.6. The maximum absolute atomic E-state index is 12.2. The van der Waals surface area contributed by atoms with E-state index in [-0.39, 0.29) is 12.5 Å². The lowest BCUT2D eigenvalue weighted by molar-refractivity contribution is -0.144. The van der Waals surface area contributed by atoms with Crippen LogP contribution in [-0.2, 0) is 14.9 Å². The summed E-state index contributed by atoms with van der Waals surface area (Å²) in [5.41, 5.74) is -0.0145. The highest BCUT2D eigenvalue weighted by molar-refractivity contribution is 5.84. The van der Waals surface area contributed by atoms with Crippen LogP contribution in [0.3, 0.4) is 0 Å². The van der Waals surface area contributed by atoms with Crippen LogP contribution in [-0.4, -0.2) is 29.3 Å². The first kappa shape index (κ1) is 17.3. The van der Waals surface area contributed by atoms with Crippen molar-refractivity contribution in [2.45, 2.75) is 51.6 Å². The van der Waals surface area contributed by atoms with E-state index in [9.17, 15) is 14.7 Å². The van der Waals surface area contributed by atoms with Crippen molar-refractivity contribution in [1.29, 1.82) is 0 Å². The molecule has 1 aromatic carbocycles. The maximum Gasteiger partial charge on any atom is 0.407 e. The second kappa shape index (κ2) is 6.22. The van der Waals surface area contributed by atoms with E-state index < -0.39 is 23.1 Å². The van der Waals surface area contributed by atoms with Gasteiger partial charge in [0, 0.05) is 6.54 Å². The van der Waals surface area contributed by atoms with Crippen molar-refractivity contribution in [1.82, 2.24) is 5.32 Å². The molecule has 0 spiro atoms. The quantitative estimate of drug-likeness (QED) is 0.873. The van der Waals surface area contributed by atoms with Gasteiger partial charge in [-0.3, -0.25) is 4.79 Å². The molecule has 1 aromatic rings. The summed E-state index contributed by atoms with van der Waals surface area (Å²) in [5, 5.41) is 12.6. The molecule has 2 rings (SSSR count). The maximum atomic E-state index is 12.2. The zero-order valence-electron chi connectivity index (χ0n) is 14.2. The Morgan fingerprint density at radius 1 is 1.26 bits per heavy atom. The topological polar surface area (TPSA) is 75.6 Å². The van der Waals surface area contributed by atoms with E-state index in [1.165, 1.54) is 0 Å². The fraction of sp³-hybridized carbons (Fsp3) is 0.556. The summed E-state index contributed by atoms with van der Waals surface area (Å²) >= 11 is 0. The Hall–Kier alpha value is -2.04. The minimum absolute atomic E-state index is 0.0345. The molecule has 0 heterocycles. The van der Waals surface area contributed by atoms with Crippen molar-refractivity contribution >= 4 is 12.1 Å². The molecule has 1 fully saturated rings. The fourth-order valence-electron chi connectivity index (χ4n) is 3.00. The monoisotopic (exact) mass is 319 g/mol. The molecular weight excluding hydrogens is 294 g/mol. The highest BCUT2D eigenvalue weighted by Gasteiger charge is 2.53. The predicted octanol–water partition coefficient (Wildman–Crippen LogP) is 3.25. The van der Waals surface area contributed by atoms with Crippen molar-refractivity contribution < 1.29 is 19.4 Å². The molecule has 0 saturated heterocycles. The molecule has 1 saturated carbocycles. The average molecular weight is 319 g/mol. The smallest absolute Gasteiger partial charge is 0.407 e. The first-order valence-corrected chi connectivity index (χ1v) is 7.93. The standard InChI is InChI=1S/C18H25NO4/c1-12-7-5-6-8-14(12)18(15(20)21,13-9-10-13)11-19-16(22)23-17(2,3)4/h5-8,13H,9-11H2,1-4H3,(H,19,22)(H,20,21). The zero-order chi connectivity index (χ0) is 17.3. The SMILES string of the molecule is Cc1ccccc1C(CNC(=O)OC(C)(C)C)(C(=O)O)C1CC1. The van der Waals surface area contributed by atoms with Crippen LogP contribution in [0.1, 0.15) is 44.7 Å². The Morgan fingerprint density at radius 2 is 1.87 bits per heavy atom. The van der Waals surface area contributed by atoms with Crippen molar-refractivity contribution in [3.63, 3.8) is 0 Å². The largest absolute Gasteiger partial charge is 0.481 e. The number of ether oxygens (including phenoxy) is 1. The molecule has 2 N–H and O–H groups in total. The van der Waals surface area contributed by atoms with E-state index >= 15 is 0 Å². The number of aryl methyl sites for hydroxylation is 1. The summed E-state index contributed by atoms with van der Waals surface area (Å²) in [6.45, 7) is 7.27. The van der Waals surface area contributed by atoms with E-state index in [1.807, 2.05) is 31.2 Å². The number of alkyl carbamates (subject to hydrolysis) is 1. The summed E-state index contributed by atoms with van der Waals surface area (Å²) in [6.07, 6.45) is 1.13. The van der Waals surface area contributed by atoms with Gasteiger partial charge in [-0.1, -0.05) is 24.3 Å². The summed E-state index contributed by atoms with van der Waals surface area (Å²) in [4.78, 5) is 24.1. The van der Waals surface area contributed by atoms with Gasteiger partial charge in [0.05, 0.1) is 0 Å². The van der Waals surface area contributed by atoms with Crippen LogP contribution in [0.5, 0.6) is 0 Å². The van der Waals surface area contributed by atoms with E-state index in [4.69, 9.17) is 4.74 Å². The highest BCUT2D eigenvalue weighted by Crippen LogP contribution is 2.48. The van der Waals surface area contributed by atoms with E-state index in [0.29, 0.717) is 0 Å². The molecule has 126 valence electrons. The van der Waals surface area contributed by atoms with Gasteiger partial charge in [-0.15, -0.1) is 0 Å². The number of carbonyl (C=O) groups is 2. The van der Waals surface area contributed by atoms with Gasteiger partial charge < -0.3 is 15.2 Å². The van der Waals surface area contributed by atoms with Gasteiger partial charge in [0.2, 0.25) is 0 Å². The number of rotatable bonds is 5. The molecule has 5 nitrogen and oxygen atoms in total. The van der Waals surface area contributed by atoms with E-state index in [1.54, 1.807) is 20.8 Å². The number of hydrogen-bond donors (Lipinski definition) is 2. The number of carbonyl (C=O) groups excluding carboxylic acids is 1. The first-order chi connectivity index (χ1) is 10.7. The second-order valence-electron chi connectivity index (χ2n) is 7.22. The van der Waals surface area contributed by atoms with Crippen molar-refractivity contribution in [2.75, 3.05) is 6.54 Å². The molecule has 23 heavy (non-hydrogen) atoms. The van der Waals surface area contributed by atoms with Crippen LogP contribution in [0.4, 0.5) is 4.79 Å². The predicted molar refractivity (Wildman–Crippen MR) is 87.5 cm³/mol. The van der Waals surface area contributed by atoms with Crippen LogP contribution >= 0.6 is 0 Å². The van der Waals surface area contributed by atoms with Gasteiger partial charge in [-0.2, -0.15) is 0 Å². The number of aliphatic carboxylic acids is 1. The summed E-state index contributed by atoms with van der Waals surface area (Å²) in [6, 6.07) is 7.48. The normalized spacial score (nSPS) is 17.2. The van der Waals surface area contributed by atoms with Gasteiger partial charge in [-0.25, -0.2) is 4.79 Å². The Bertz CT molecular complexity index is 601. The van der Waals surface area contributed by atoms with Crippen LogP contribution < -0.4 is 5.32 Å². The van der Waals surface area contributed by atoms with Gasteiger partial charge in [0.15, 0.2) is 0 Å². The third kappa shape index (κ3) is 3.84. The molecule has 1 aliphatic rings. The molecule has 0 aromatic heterocycles. The Morgan fingerprint density at radius 3 is 2.35 bits per heavy atom. The third-order valence-corrected chi connectivity index (χ3v) is 4.19. The lowest BCUT2D eigenvalue weighted by Crippen LogP contribution is -2.49. The van der Waals surface area contributed by atoms with Crippen molar-refractivity contribution in [3.05, 3.63) is 35.4 Å². The minimum atomic E-state index is -1.09. The Labute approximate surface area is 137 Å². The molecule has 0 radical (unpaired) electrons. The molecule has 0 bridgehead atoms. The van der Waals surface area contributed by atoms with E-state index in [0.717, 1.165) is 24.0 Å². The van der Waals surface area contributed by atoms with Crippen molar-refractivity contribution in [3.8, 4) is 0 Å². The minimum Gasteiger partial charge on any atom is -0.481 e. The molecule has 1 atom stereocenters. The molecule has 1 aliphatic carbocycles. The number of amides is 1. The Balaban J connectivity index is 2.27. The van der Waals surface area contributed by atoms with Gasteiger partial charge in [0.25, 0.3) is 0 Å². The number of benzene rings is 1. The van der Waals surface area contributed by atoms with Gasteiger partial charge in [0.1, 0.15) is 11.0 Å². The average Bonchev–Trinajstić information content (AvgIpc) is 3.23. The van der Waals surface area contributed by atoms with Crippen molar-refractivity contribution in [2.24, 2.45) is 5.92 Å². The van der Waals surface area contributed by atoms with Crippen LogP contribution in [0.25, 0.3) is 0 Å². The van der Waals surface area contributed by atoms with Crippen LogP contribution in [0.15, 0.2) is 24.3 Å². The molecule has 1 amide bonds. The van der Waals surface area contributed by atoms with Gasteiger partial charge in [-0.05, 0) is 57.6 Å². The second-order valence-corrected chi connectivity index (χ2v) is 7.22. The summed E-state index contributed by atoms with van der Waals surface area (Å²) < 4.78 is 5.24. The fourth-order valence-corrected chi connectivity index (χ4v) is 3.00. The number of carboxylic acids is 1. The summed E-state index contributed by atoms with van der Waals surface area (Å²) in [7, 11) is 0. The van der Waals surface area contributed by atoms with Crippen LogP contribution in [0.2, 0.25) is 0 Å².